The van der Waals surface area contributed by atoms with E-state index in [1.165, 1.54) is 24.1 Å². The normalized spacial score (nSPS) is 10.3. The van der Waals surface area contributed by atoms with Crippen LogP contribution in [0.4, 0.5) is 4.39 Å². The highest BCUT2D eigenvalue weighted by molar-refractivity contribution is 6.31. The van der Waals surface area contributed by atoms with Crippen molar-refractivity contribution in [1.29, 1.82) is 0 Å². The lowest BCUT2D eigenvalue weighted by molar-refractivity contribution is -0.129. The van der Waals surface area contributed by atoms with Crippen LogP contribution in [0.3, 0.4) is 0 Å². The summed E-state index contributed by atoms with van der Waals surface area (Å²) in [5.74, 6) is -0.815. The van der Waals surface area contributed by atoms with Crippen molar-refractivity contribution in [2.75, 3.05) is 20.2 Å². The van der Waals surface area contributed by atoms with Crippen molar-refractivity contribution < 1.29 is 18.7 Å². The summed E-state index contributed by atoms with van der Waals surface area (Å²) in [5.41, 5.74) is 0.583. The highest BCUT2D eigenvalue weighted by Crippen LogP contribution is 2.20. The molecule has 0 spiro atoms. The number of para-hydroxylation sites is 1. The minimum absolute atomic E-state index is 0.00967. The maximum atomic E-state index is 13.8. The van der Waals surface area contributed by atoms with Gasteiger partial charge in [-0.05, 0) is 31.2 Å². The Kier molecular flexibility index (Phi) is 6.97. The first-order chi connectivity index (χ1) is 12.4. The minimum atomic E-state index is -0.480. The van der Waals surface area contributed by atoms with E-state index >= 15 is 0 Å². The Morgan fingerprint density at radius 3 is 2.62 bits per heavy atom. The molecule has 7 heteroatoms. The van der Waals surface area contributed by atoms with E-state index in [1.807, 2.05) is 6.92 Å². The summed E-state index contributed by atoms with van der Waals surface area (Å²) < 4.78 is 19.2. The van der Waals surface area contributed by atoms with Crippen molar-refractivity contribution >= 4 is 23.4 Å². The van der Waals surface area contributed by atoms with Crippen LogP contribution in [-0.2, 0) is 11.3 Å². The zero-order valence-electron chi connectivity index (χ0n) is 14.6. The van der Waals surface area contributed by atoms with E-state index in [0.29, 0.717) is 17.9 Å². The van der Waals surface area contributed by atoms with Crippen molar-refractivity contribution in [1.82, 2.24) is 10.2 Å². The van der Waals surface area contributed by atoms with Gasteiger partial charge in [0.15, 0.2) is 0 Å². The van der Waals surface area contributed by atoms with Crippen LogP contribution in [-0.4, -0.2) is 36.9 Å². The number of amides is 2. The predicted octanol–water partition coefficient (Wildman–Crippen LogP) is 3.27. The number of carbonyl (C=O) groups is 2. The summed E-state index contributed by atoms with van der Waals surface area (Å²) in [7, 11) is 1.52. The van der Waals surface area contributed by atoms with Gasteiger partial charge >= 0.3 is 0 Å². The molecule has 138 valence electrons. The lowest BCUT2D eigenvalue weighted by Gasteiger charge is -2.19. The van der Waals surface area contributed by atoms with E-state index in [9.17, 15) is 14.0 Å². The molecule has 0 heterocycles. The molecule has 2 rings (SSSR count). The first-order valence-electron chi connectivity index (χ1n) is 8.11. The van der Waals surface area contributed by atoms with Gasteiger partial charge in [0.05, 0.1) is 18.7 Å². The molecule has 0 unspecified atom stereocenters. The standard InChI is InChI=1S/C19H20ClFN2O3/c1-3-26-17-10-5-4-7-13(17)19(25)22-11-18(24)23(2)12-14-15(20)8-6-9-16(14)21/h4-10H,3,11-12H2,1-2H3,(H,22,25). The van der Waals surface area contributed by atoms with Crippen LogP contribution in [0.15, 0.2) is 42.5 Å². The van der Waals surface area contributed by atoms with Gasteiger partial charge in [-0.2, -0.15) is 0 Å². The Labute approximate surface area is 156 Å². The SMILES string of the molecule is CCOc1ccccc1C(=O)NCC(=O)N(C)Cc1c(F)cccc1Cl. The van der Waals surface area contributed by atoms with Crippen molar-refractivity contribution in [3.8, 4) is 5.75 Å². The molecular weight excluding hydrogens is 359 g/mol. The summed E-state index contributed by atoms with van der Waals surface area (Å²) in [6.07, 6.45) is 0. The molecule has 0 fully saturated rings. The quantitative estimate of drug-likeness (QED) is 0.804. The van der Waals surface area contributed by atoms with Crippen LogP contribution >= 0.6 is 11.6 Å². The Morgan fingerprint density at radius 2 is 1.92 bits per heavy atom. The second-order valence-electron chi connectivity index (χ2n) is 5.56. The lowest BCUT2D eigenvalue weighted by atomic mass is 10.2. The first-order valence-corrected chi connectivity index (χ1v) is 8.48. The largest absolute Gasteiger partial charge is 0.493 e. The summed E-state index contributed by atoms with van der Waals surface area (Å²) in [6.45, 7) is 2.04. The van der Waals surface area contributed by atoms with Gasteiger partial charge < -0.3 is 15.0 Å². The number of halogens is 2. The second kappa shape index (κ2) is 9.20. The third-order valence-electron chi connectivity index (χ3n) is 3.71. The molecule has 1 N–H and O–H groups in total. The second-order valence-corrected chi connectivity index (χ2v) is 5.97. The van der Waals surface area contributed by atoms with E-state index in [-0.39, 0.29) is 29.6 Å². The van der Waals surface area contributed by atoms with E-state index in [0.717, 1.165) is 0 Å². The van der Waals surface area contributed by atoms with Gasteiger partial charge in [-0.15, -0.1) is 0 Å². The molecule has 0 atom stereocenters. The number of ether oxygens (including phenoxy) is 1. The number of nitrogens with one attached hydrogen (secondary N) is 1. The summed E-state index contributed by atoms with van der Waals surface area (Å²) in [6, 6.07) is 11.1. The first kappa shape index (κ1) is 19.7. The Hall–Kier alpha value is -2.60. The summed E-state index contributed by atoms with van der Waals surface area (Å²) >= 11 is 5.97. The molecule has 0 aromatic heterocycles. The number of hydrogen-bond donors (Lipinski definition) is 1. The van der Waals surface area contributed by atoms with Crippen LogP contribution in [0.25, 0.3) is 0 Å². The van der Waals surface area contributed by atoms with Crippen LogP contribution in [0.1, 0.15) is 22.8 Å². The topological polar surface area (TPSA) is 58.6 Å². The van der Waals surface area contributed by atoms with E-state index in [1.54, 1.807) is 30.3 Å². The molecule has 0 bridgehead atoms. The molecule has 0 saturated heterocycles. The zero-order valence-corrected chi connectivity index (χ0v) is 15.3. The van der Waals surface area contributed by atoms with Gasteiger partial charge in [0.2, 0.25) is 5.91 Å². The van der Waals surface area contributed by atoms with Gasteiger partial charge in [0.1, 0.15) is 11.6 Å². The van der Waals surface area contributed by atoms with E-state index in [2.05, 4.69) is 5.32 Å². The number of benzene rings is 2. The monoisotopic (exact) mass is 378 g/mol. The third kappa shape index (κ3) is 4.95. The van der Waals surface area contributed by atoms with Gasteiger partial charge in [-0.1, -0.05) is 29.8 Å². The smallest absolute Gasteiger partial charge is 0.255 e. The van der Waals surface area contributed by atoms with Gasteiger partial charge in [0, 0.05) is 24.2 Å². The van der Waals surface area contributed by atoms with Crippen molar-refractivity contribution in [3.63, 3.8) is 0 Å². The number of rotatable bonds is 7. The molecule has 26 heavy (non-hydrogen) atoms. The average molecular weight is 379 g/mol. The fourth-order valence-electron chi connectivity index (χ4n) is 2.33. The van der Waals surface area contributed by atoms with E-state index < -0.39 is 11.7 Å². The highest BCUT2D eigenvalue weighted by atomic mass is 35.5. The molecule has 0 aliphatic rings. The fourth-order valence-corrected chi connectivity index (χ4v) is 2.55. The molecule has 2 aromatic rings. The molecule has 2 amide bonds. The van der Waals surface area contributed by atoms with Gasteiger partial charge in [-0.3, -0.25) is 9.59 Å². The number of nitrogens with zero attached hydrogens (tertiary/aromatic N) is 1. The number of likely N-dealkylation sites (N-methyl/N-ethyl adjacent to an activating group) is 1. The fraction of sp³-hybridized carbons (Fsp3) is 0.263. The van der Waals surface area contributed by atoms with Crippen LogP contribution < -0.4 is 10.1 Å². The van der Waals surface area contributed by atoms with Crippen molar-refractivity contribution in [3.05, 3.63) is 64.4 Å². The van der Waals surface area contributed by atoms with Crippen LogP contribution in [0.5, 0.6) is 5.75 Å². The minimum Gasteiger partial charge on any atom is -0.493 e. The molecule has 0 aliphatic heterocycles. The molecular formula is C19H20ClFN2O3. The zero-order chi connectivity index (χ0) is 19.1. The number of hydrogen-bond acceptors (Lipinski definition) is 3. The van der Waals surface area contributed by atoms with Crippen LogP contribution in [0.2, 0.25) is 5.02 Å². The maximum Gasteiger partial charge on any atom is 0.255 e. The number of carbonyl (C=O) groups excluding carboxylic acids is 2. The lowest BCUT2D eigenvalue weighted by Crippen LogP contribution is -2.38. The Morgan fingerprint density at radius 1 is 1.19 bits per heavy atom. The molecule has 0 radical (unpaired) electrons. The van der Waals surface area contributed by atoms with Crippen molar-refractivity contribution in [2.45, 2.75) is 13.5 Å². The summed E-state index contributed by atoms with van der Waals surface area (Å²) in [5, 5.41) is 2.81. The predicted molar refractivity (Wildman–Crippen MR) is 97.8 cm³/mol. The summed E-state index contributed by atoms with van der Waals surface area (Å²) in [4.78, 5) is 25.8. The molecule has 2 aromatic carbocycles. The Bertz CT molecular complexity index is 778. The Balaban J connectivity index is 1.97. The van der Waals surface area contributed by atoms with Crippen molar-refractivity contribution in [2.24, 2.45) is 0 Å². The van der Waals surface area contributed by atoms with Crippen LogP contribution in [0, 0.1) is 5.82 Å². The van der Waals surface area contributed by atoms with Gasteiger partial charge in [-0.25, -0.2) is 4.39 Å². The molecule has 5 nitrogen and oxygen atoms in total. The highest BCUT2D eigenvalue weighted by Gasteiger charge is 2.17. The third-order valence-corrected chi connectivity index (χ3v) is 4.07. The molecule has 0 aliphatic carbocycles. The van der Waals surface area contributed by atoms with E-state index in [4.69, 9.17) is 16.3 Å². The molecule has 0 saturated carbocycles. The average Bonchev–Trinajstić information content (AvgIpc) is 2.63. The maximum absolute atomic E-state index is 13.8. The van der Waals surface area contributed by atoms with Gasteiger partial charge in [0.25, 0.3) is 5.91 Å².